The lowest BCUT2D eigenvalue weighted by Crippen LogP contribution is -1.91. The van der Waals surface area contributed by atoms with Crippen molar-refractivity contribution in [3.05, 3.63) is 17.8 Å². The van der Waals surface area contributed by atoms with Gasteiger partial charge in [-0.2, -0.15) is 0 Å². The third-order valence-electron chi connectivity index (χ3n) is 1.33. The number of hydrogen-bond donors (Lipinski definition) is 1. The molecule has 1 heterocycles. The molecule has 0 saturated heterocycles. The van der Waals surface area contributed by atoms with Gasteiger partial charge in [-0.05, 0) is 0 Å². The molecule has 0 atom stereocenters. The summed E-state index contributed by atoms with van der Waals surface area (Å²) in [7, 11) is 1.34. The predicted molar refractivity (Wildman–Crippen MR) is 37.4 cm³/mol. The second-order valence-electron chi connectivity index (χ2n) is 2.09. The van der Waals surface area contributed by atoms with E-state index in [1.807, 2.05) is 0 Å². The van der Waals surface area contributed by atoms with Crippen LogP contribution in [0.15, 0.2) is 12.3 Å². The van der Waals surface area contributed by atoms with E-state index < -0.39 is 17.7 Å². The summed E-state index contributed by atoms with van der Waals surface area (Å²) in [5.41, 5.74) is -0.490. The number of rotatable bonds is 2. The van der Waals surface area contributed by atoms with Crippen LogP contribution in [-0.2, 0) is 0 Å². The highest BCUT2D eigenvalue weighted by Crippen LogP contribution is 2.29. The average Bonchev–Trinajstić information content (AvgIpc) is 2.03. The van der Waals surface area contributed by atoms with Crippen molar-refractivity contribution < 1.29 is 18.6 Å². The van der Waals surface area contributed by atoms with E-state index >= 15 is 0 Å². The SMILES string of the molecule is COc1cc(O)c(C(F)F)cn1. The Balaban J connectivity index is 3.03. The standard InChI is InChI=1S/C7H7F2NO2/c1-12-6-2-5(11)4(3-10-6)7(8)9/h2-3,7H,1H3,(H,10,11). The van der Waals surface area contributed by atoms with Crippen LogP contribution in [-0.4, -0.2) is 17.2 Å². The van der Waals surface area contributed by atoms with E-state index in [0.717, 1.165) is 12.3 Å². The fraction of sp³-hybridized carbons (Fsp3) is 0.286. The molecule has 12 heavy (non-hydrogen) atoms. The van der Waals surface area contributed by atoms with Crippen LogP contribution in [0.2, 0.25) is 0 Å². The summed E-state index contributed by atoms with van der Waals surface area (Å²) < 4.78 is 28.7. The van der Waals surface area contributed by atoms with Crippen molar-refractivity contribution in [3.63, 3.8) is 0 Å². The summed E-state index contributed by atoms with van der Waals surface area (Å²) in [6, 6.07) is 1.04. The molecule has 0 unspecified atom stereocenters. The molecule has 0 bridgehead atoms. The molecule has 1 rings (SSSR count). The molecule has 0 aliphatic heterocycles. The van der Waals surface area contributed by atoms with Gasteiger partial charge >= 0.3 is 0 Å². The maximum Gasteiger partial charge on any atom is 0.268 e. The minimum atomic E-state index is -2.72. The zero-order valence-electron chi connectivity index (χ0n) is 6.29. The topological polar surface area (TPSA) is 42.4 Å². The molecule has 5 heteroatoms. The van der Waals surface area contributed by atoms with Crippen LogP contribution in [0, 0.1) is 0 Å². The molecule has 0 aliphatic rings. The van der Waals surface area contributed by atoms with Crippen molar-refractivity contribution in [1.29, 1.82) is 0 Å². The first-order valence-corrected chi connectivity index (χ1v) is 3.16. The first-order chi connectivity index (χ1) is 5.65. The van der Waals surface area contributed by atoms with E-state index in [9.17, 15) is 8.78 Å². The van der Waals surface area contributed by atoms with Gasteiger partial charge in [-0.15, -0.1) is 0 Å². The van der Waals surface area contributed by atoms with E-state index in [2.05, 4.69) is 9.72 Å². The summed E-state index contributed by atoms with van der Waals surface area (Å²) in [4.78, 5) is 3.52. The number of pyridine rings is 1. The molecule has 0 spiro atoms. The number of hydrogen-bond acceptors (Lipinski definition) is 3. The van der Waals surface area contributed by atoms with Crippen LogP contribution in [0.1, 0.15) is 12.0 Å². The Morgan fingerprint density at radius 1 is 1.58 bits per heavy atom. The number of ether oxygens (including phenoxy) is 1. The zero-order valence-corrected chi connectivity index (χ0v) is 6.29. The highest BCUT2D eigenvalue weighted by Gasteiger charge is 2.13. The summed E-state index contributed by atoms with van der Waals surface area (Å²) in [5.74, 6) is -0.395. The van der Waals surface area contributed by atoms with Crippen LogP contribution in [0.25, 0.3) is 0 Å². The maximum absolute atomic E-state index is 12.0. The number of aromatic nitrogens is 1. The van der Waals surface area contributed by atoms with Crippen LogP contribution >= 0.6 is 0 Å². The molecular formula is C7H7F2NO2. The van der Waals surface area contributed by atoms with Crippen molar-refractivity contribution in [2.75, 3.05) is 7.11 Å². The van der Waals surface area contributed by atoms with E-state index in [1.165, 1.54) is 7.11 Å². The van der Waals surface area contributed by atoms with Gasteiger partial charge < -0.3 is 9.84 Å². The zero-order chi connectivity index (χ0) is 9.14. The lowest BCUT2D eigenvalue weighted by molar-refractivity contribution is 0.146. The third-order valence-corrected chi connectivity index (χ3v) is 1.33. The van der Waals surface area contributed by atoms with E-state index in [0.29, 0.717) is 0 Å². The molecule has 0 aliphatic carbocycles. The van der Waals surface area contributed by atoms with E-state index in [4.69, 9.17) is 5.11 Å². The summed E-state index contributed by atoms with van der Waals surface area (Å²) in [6.45, 7) is 0. The van der Waals surface area contributed by atoms with E-state index in [1.54, 1.807) is 0 Å². The molecule has 3 nitrogen and oxygen atoms in total. The van der Waals surface area contributed by atoms with Crippen molar-refractivity contribution in [3.8, 4) is 11.6 Å². The Kier molecular flexibility index (Phi) is 2.42. The fourth-order valence-corrected chi connectivity index (χ4v) is 0.717. The average molecular weight is 175 g/mol. The maximum atomic E-state index is 12.0. The van der Waals surface area contributed by atoms with Gasteiger partial charge in [0.25, 0.3) is 6.43 Å². The Labute approximate surface area is 67.6 Å². The lowest BCUT2D eigenvalue weighted by Gasteiger charge is -2.03. The van der Waals surface area contributed by atoms with Gasteiger partial charge in [0, 0.05) is 12.3 Å². The molecule has 0 radical (unpaired) electrons. The third kappa shape index (κ3) is 1.61. The number of halogens is 2. The largest absolute Gasteiger partial charge is 0.507 e. The van der Waals surface area contributed by atoms with Gasteiger partial charge in [-0.3, -0.25) is 0 Å². The number of aromatic hydroxyl groups is 1. The van der Waals surface area contributed by atoms with Gasteiger partial charge in [0.05, 0.1) is 12.7 Å². The van der Waals surface area contributed by atoms with Crippen LogP contribution in [0.4, 0.5) is 8.78 Å². The monoisotopic (exact) mass is 175 g/mol. The highest BCUT2D eigenvalue weighted by molar-refractivity contribution is 5.34. The van der Waals surface area contributed by atoms with Crippen molar-refractivity contribution in [1.82, 2.24) is 4.98 Å². The molecule has 0 amide bonds. The normalized spacial score (nSPS) is 10.3. The van der Waals surface area contributed by atoms with Crippen molar-refractivity contribution in [2.45, 2.75) is 6.43 Å². The smallest absolute Gasteiger partial charge is 0.268 e. The van der Waals surface area contributed by atoms with Gasteiger partial charge in [0.2, 0.25) is 5.88 Å². The second-order valence-corrected chi connectivity index (χ2v) is 2.09. The number of nitrogens with zero attached hydrogens (tertiary/aromatic N) is 1. The second kappa shape index (κ2) is 3.34. The molecular weight excluding hydrogens is 168 g/mol. The van der Waals surface area contributed by atoms with Gasteiger partial charge in [-0.1, -0.05) is 0 Å². The van der Waals surface area contributed by atoms with E-state index in [-0.39, 0.29) is 5.88 Å². The first kappa shape index (κ1) is 8.70. The molecule has 0 fully saturated rings. The Morgan fingerprint density at radius 3 is 2.67 bits per heavy atom. The van der Waals surface area contributed by atoms with Crippen LogP contribution in [0.3, 0.4) is 0 Å². The molecule has 1 N–H and O–H groups in total. The van der Waals surface area contributed by atoms with Gasteiger partial charge in [0.1, 0.15) is 5.75 Å². The summed E-state index contributed by atoms with van der Waals surface area (Å²) in [5, 5.41) is 8.99. The van der Waals surface area contributed by atoms with Gasteiger partial charge in [-0.25, -0.2) is 13.8 Å². The lowest BCUT2D eigenvalue weighted by atomic mass is 10.3. The van der Waals surface area contributed by atoms with Crippen LogP contribution < -0.4 is 4.74 Å². The Bertz CT molecular complexity index is 278. The Hall–Kier alpha value is -1.39. The van der Waals surface area contributed by atoms with Crippen molar-refractivity contribution >= 4 is 0 Å². The molecule has 1 aromatic heterocycles. The molecule has 0 aromatic carbocycles. The van der Waals surface area contributed by atoms with Gasteiger partial charge in [0.15, 0.2) is 0 Å². The molecule has 0 saturated carbocycles. The summed E-state index contributed by atoms with van der Waals surface area (Å²) >= 11 is 0. The summed E-state index contributed by atoms with van der Waals surface area (Å²) in [6.07, 6.45) is -1.83. The molecule has 1 aromatic rings. The minimum absolute atomic E-state index is 0.108. The predicted octanol–water partition coefficient (Wildman–Crippen LogP) is 1.73. The fourth-order valence-electron chi connectivity index (χ4n) is 0.717. The van der Waals surface area contributed by atoms with Crippen LogP contribution in [0.5, 0.6) is 11.6 Å². The first-order valence-electron chi connectivity index (χ1n) is 3.16. The molecule has 66 valence electrons. The van der Waals surface area contributed by atoms with Crippen molar-refractivity contribution in [2.24, 2.45) is 0 Å². The quantitative estimate of drug-likeness (QED) is 0.744. The highest BCUT2D eigenvalue weighted by atomic mass is 19.3. The minimum Gasteiger partial charge on any atom is -0.507 e. The number of alkyl halides is 2. The Morgan fingerprint density at radius 2 is 2.25 bits per heavy atom. The number of methoxy groups -OCH3 is 1.